The van der Waals surface area contributed by atoms with Gasteiger partial charge in [-0.25, -0.2) is 0 Å². The van der Waals surface area contributed by atoms with Crippen LogP contribution in [0, 0.1) is 0 Å². The molecule has 94 valence electrons. The van der Waals surface area contributed by atoms with Gasteiger partial charge in [0.05, 0.1) is 0 Å². The summed E-state index contributed by atoms with van der Waals surface area (Å²) in [6, 6.07) is 6.24. The molecule has 1 heterocycles. The molecule has 1 N–H and O–H groups in total. The lowest BCUT2D eigenvalue weighted by Crippen LogP contribution is -2.26. The Morgan fingerprint density at radius 2 is 1.88 bits per heavy atom. The summed E-state index contributed by atoms with van der Waals surface area (Å²) in [5.74, 6) is 0. The van der Waals surface area contributed by atoms with Gasteiger partial charge in [-0.3, -0.25) is 0 Å². The molecule has 3 heteroatoms. The number of rotatable bonds is 3. The fourth-order valence-corrected chi connectivity index (χ4v) is 2.74. The third-order valence-electron chi connectivity index (χ3n) is 3.39. The van der Waals surface area contributed by atoms with E-state index < -0.39 is 0 Å². The highest BCUT2D eigenvalue weighted by molar-refractivity contribution is 6.31. The second-order valence-corrected chi connectivity index (χ2v) is 5.08. The highest BCUT2D eigenvalue weighted by Crippen LogP contribution is 2.29. The predicted octanol–water partition coefficient (Wildman–Crippen LogP) is 3.44. The summed E-state index contributed by atoms with van der Waals surface area (Å²) in [7, 11) is 1.97. The fraction of sp³-hybridized carbons (Fsp3) is 0.571. The molecule has 0 atom stereocenters. The van der Waals surface area contributed by atoms with Gasteiger partial charge in [0.25, 0.3) is 0 Å². The molecule has 0 bridgehead atoms. The smallest absolute Gasteiger partial charge is 0.0471 e. The molecule has 1 aromatic rings. The van der Waals surface area contributed by atoms with Crippen molar-refractivity contribution in [1.82, 2.24) is 5.32 Å². The molecule has 2 nitrogen and oxygen atoms in total. The molecule has 1 aliphatic heterocycles. The van der Waals surface area contributed by atoms with E-state index in [2.05, 4.69) is 22.3 Å². The number of nitrogens with one attached hydrogen (secondary N) is 1. The van der Waals surface area contributed by atoms with E-state index in [1.165, 1.54) is 36.9 Å². The van der Waals surface area contributed by atoms with Crippen LogP contribution in [0.2, 0.25) is 5.02 Å². The van der Waals surface area contributed by atoms with Crippen LogP contribution >= 0.6 is 11.6 Å². The minimum Gasteiger partial charge on any atom is -0.371 e. The zero-order valence-corrected chi connectivity index (χ0v) is 11.3. The Kier molecular flexibility index (Phi) is 4.69. The van der Waals surface area contributed by atoms with Crippen molar-refractivity contribution in [3.05, 3.63) is 28.8 Å². The van der Waals surface area contributed by atoms with Crippen molar-refractivity contribution < 1.29 is 0 Å². The maximum absolute atomic E-state index is 6.30. The average molecular weight is 253 g/mol. The summed E-state index contributed by atoms with van der Waals surface area (Å²) in [6.45, 7) is 3.17. The van der Waals surface area contributed by atoms with E-state index >= 15 is 0 Å². The largest absolute Gasteiger partial charge is 0.371 e. The van der Waals surface area contributed by atoms with Crippen molar-refractivity contribution in [2.45, 2.75) is 32.2 Å². The number of hydrogen-bond acceptors (Lipinski definition) is 2. The Morgan fingerprint density at radius 1 is 1.18 bits per heavy atom. The first-order valence-electron chi connectivity index (χ1n) is 6.50. The zero-order chi connectivity index (χ0) is 12.1. The summed E-state index contributed by atoms with van der Waals surface area (Å²) >= 11 is 6.30. The number of benzene rings is 1. The van der Waals surface area contributed by atoms with Gasteiger partial charge in [-0.2, -0.15) is 0 Å². The molecule has 0 aromatic heterocycles. The van der Waals surface area contributed by atoms with Crippen LogP contribution in [0.4, 0.5) is 5.69 Å². The van der Waals surface area contributed by atoms with E-state index in [0.717, 1.165) is 24.7 Å². The Bertz CT molecular complexity index is 357. The van der Waals surface area contributed by atoms with Crippen LogP contribution in [0.1, 0.15) is 31.2 Å². The molecular formula is C14H21ClN2. The minimum atomic E-state index is 0.839. The molecule has 0 aliphatic carbocycles. The summed E-state index contributed by atoms with van der Waals surface area (Å²) in [5, 5.41) is 4.08. The van der Waals surface area contributed by atoms with E-state index in [1.807, 2.05) is 13.1 Å². The first kappa shape index (κ1) is 12.7. The maximum Gasteiger partial charge on any atom is 0.0471 e. The van der Waals surface area contributed by atoms with Gasteiger partial charge in [0.1, 0.15) is 0 Å². The molecule has 1 fully saturated rings. The van der Waals surface area contributed by atoms with Crippen LogP contribution < -0.4 is 10.2 Å². The molecule has 17 heavy (non-hydrogen) atoms. The van der Waals surface area contributed by atoms with Crippen molar-refractivity contribution in [1.29, 1.82) is 0 Å². The maximum atomic E-state index is 6.30. The third kappa shape index (κ3) is 3.14. The minimum absolute atomic E-state index is 0.839. The van der Waals surface area contributed by atoms with Crippen LogP contribution in [0.5, 0.6) is 0 Å². The second-order valence-electron chi connectivity index (χ2n) is 4.67. The van der Waals surface area contributed by atoms with Crippen LogP contribution in [-0.4, -0.2) is 20.1 Å². The Morgan fingerprint density at radius 3 is 2.53 bits per heavy atom. The van der Waals surface area contributed by atoms with Crippen molar-refractivity contribution in [3.63, 3.8) is 0 Å². The number of anilines is 1. The van der Waals surface area contributed by atoms with Gasteiger partial charge in [-0.15, -0.1) is 0 Å². The fourth-order valence-electron chi connectivity index (χ4n) is 2.51. The van der Waals surface area contributed by atoms with Crippen LogP contribution in [0.15, 0.2) is 18.2 Å². The van der Waals surface area contributed by atoms with Gasteiger partial charge in [0, 0.05) is 35.9 Å². The highest BCUT2D eigenvalue weighted by Gasteiger charge is 2.14. The van der Waals surface area contributed by atoms with Crippen molar-refractivity contribution in [3.8, 4) is 0 Å². The monoisotopic (exact) mass is 252 g/mol. The highest BCUT2D eigenvalue weighted by atomic mass is 35.5. The summed E-state index contributed by atoms with van der Waals surface area (Å²) in [6.07, 6.45) is 5.31. The average Bonchev–Trinajstić information content (AvgIpc) is 2.60. The Labute approximate surface area is 109 Å². The molecule has 1 saturated heterocycles. The standard InChI is InChI=1S/C14H21ClN2/c1-16-11-12-13(15)7-6-8-14(12)17-9-4-2-3-5-10-17/h6-8,16H,2-5,9-11H2,1H3. The van der Waals surface area contributed by atoms with Gasteiger partial charge < -0.3 is 10.2 Å². The molecule has 0 radical (unpaired) electrons. The van der Waals surface area contributed by atoms with Gasteiger partial charge in [-0.05, 0) is 32.0 Å². The Hall–Kier alpha value is -0.730. The molecule has 0 unspecified atom stereocenters. The Balaban J connectivity index is 2.25. The second kappa shape index (κ2) is 6.27. The topological polar surface area (TPSA) is 15.3 Å². The van der Waals surface area contributed by atoms with E-state index in [1.54, 1.807) is 0 Å². The van der Waals surface area contributed by atoms with E-state index in [0.29, 0.717) is 0 Å². The van der Waals surface area contributed by atoms with Gasteiger partial charge in [0.2, 0.25) is 0 Å². The van der Waals surface area contributed by atoms with Gasteiger partial charge in [-0.1, -0.05) is 30.5 Å². The van der Waals surface area contributed by atoms with E-state index in [-0.39, 0.29) is 0 Å². The van der Waals surface area contributed by atoms with Crippen LogP contribution in [0.25, 0.3) is 0 Å². The molecule has 1 aromatic carbocycles. The first-order valence-corrected chi connectivity index (χ1v) is 6.87. The molecule has 0 saturated carbocycles. The molecule has 0 spiro atoms. The van der Waals surface area contributed by atoms with Gasteiger partial charge in [0.15, 0.2) is 0 Å². The van der Waals surface area contributed by atoms with Crippen LogP contribution in [-0.2, 0) is 6.54 Å². The van der Waals surface area contributed by atoms with Crippen molar-refractivity contribution in [2.24, 2.45) is 0 Å². The number of halogens is 1. The molecule has 1 aliphatic rings. The third-order valence-corrected chi connectivity index (χ3v) is 3.75. The normalized spacial score (nSPS) is 16.9. The molecule has 0 amide bonds. The lowest BCUT2D eigenvalue weighted by molar-refractivity contribution is 0.726. The summed E-state index contributed by atoms with van der Waals surface area (Å²) in [5.41, 5.74) is 2.55. The lowest BCUT2D eigenvalue weighted by Gasteiger charge is -2.26. The first-order chi connectivity index (χ1) is 8.33. The molecule has 2 rings (SSSR count). The summed E-state index contributed by atoms with van der Waals surface area (Å²) in [4.78, 5) is 2.49. The van der Waals surface area contributed by atoms with E-state index in [9.17, 15) is 0 Å². The van der Waals surface area contributed by atoms with E-state index in [4.69, 9.17) is 11.6 Å². The SMILES string of the molecule is CNCc1c(Cl)cccc1N1CCCCCC1. The predicted molar refractivity (Wildman–Crippen MR) is 74.9 cm³/mol. The van der Waals surface area contributed by atoms with Crippen molar-refractivity contribution in [2.75, 3.05) is 25.0 Å². The number of hydrogen-bond donors (Lipinski definition) is 1. The van der Waals surface area contributed by atoms with Gasteiger partial charge >= 0.3 is 0 Å². The zero-order valence-electron chi connectivity index (χ0n) is 10.5. The summed E-state index contributed by atoms with van der Waals surface area (Å²) < 4.78 is 0. The molecular weight excluding hydrogens is 232 g/mol. The number of nitrogens with zero attached hydrogens (tertiary/aromatic N) is 1. The van der Waals surface area contributed by atoms with Crippen molar-refractivity contribution >= 4 is 17.3 Å². The lowest BCUT2D eigenvalue weighted by atomic mass is 10.1. The quantitative estimate of drug-likeness (QED) is 0.887. The van der Waals surface area contributed by atoms with Crippen LogP contribution in [0.3, 0.4) is 0 Å².